The van der Waals surface area contributed by atoms with E-state index in [1.54, 1.807) is 7.11 Å². The summed E-state index contributed by atoms with van der Waals surface area (Å²) in [5.74, 6) is 0.826. The fourth-order valence-electron chi connectivity index (χ4n) is 1.82. The maximum absolute atomic E-state index is 6.09. The molecule has 0 atom stereocenters. The smallest absolute Gasteiger partial charge is 0.133 e. The summed E-state index contributed by atoms with van der Waals surface area (Å²) >= 11 is 10.4. The van der Waals surface area contributed by atoms with Gasteiger partial charge in [0.1, 0.15) is 5.75 Å². The van der Waals surface area contributed by atoms with Gasteiger partial charge in [0.25, 0.3) is 0 Å². The van der Waals surface area contributed by atoms with Gasteiger partial charge in [-0.25, -0.2) is 0 Å². The van der Waals surface area contributed by atoms with E-state index in [2.05, 4.69) is 47.8 Å². The molecule has 0 saturated heterocycles. The highest BCUT2D eigenvalue weighted by molar-refractivity contribution is 9.11. The van der Waals surface area contributed by atoms with E-state index in [9.17, 15) is 0 Å². The van der Waals surface area contributed by atoms with Crippen molar-refractivity contribution < 1.29 is 4.74 Å². The number of nitrogens with two attached hydrogens (primary N) is 1. The summed E-state index contributed by atoms with van der Waals surface area (Å²) in [5, 5.41) is 0. The van der Waals surface area contributed by atoms with Gasteiger partial charge >= 0.3 is 0 Å². The number of hydrogen-bond acceptors (Lipinski definition) is 2. The van der Waals surface area contributed by atoms with E-state index in [1.807, 2.05) is 30.3 Å². The molecule has 0 radical (unpaired) electrons. The molecule has 0 aliphatic heterocycles. The van der Waals surface area contributed by atoms with E-state index >= 15 is 0 Å². The van der Waals surface area contributed by atoms with Gasteiger partial charge in [0.05, 0.1) is 11.6 Å². The first-order valence-electron chi connectivity index (χ1n) is 5.57. The lowest BCUT2D eigenvalue weighted by Crippen LogP contribution is -1.97. The van der Waals surface area contributed by atoms with Crippen LogP contribution in [0.15, 0.2) is 43.7 Å². The number of hydrogen-bond donors (Lipinski definition) is 1. The maximum atomic E-state index is 6.09. The number of benzene rings is 2. The molecule has 0 spiro atoms. The van der Waals surface area contributed by atoms with E-state index in [0.29, 0.717) is 0 Å². The summed E-state index contributed by atoms with van der Waals surface area (Å²) in [6.45, 7) is 0. The Morgan fingerprint density at radius 2 is 1.79 bits per heavy atom. The summed E-state index contributed by atoms with van der Waals surface area (Å²) < 4.78 is 8.09. The second-order valence-electron chi connectivity index (χ2n) is 4.11. The van der Waals surface area contributed by atoms with Crippen LogP contribution in [-0.4, -0.2) is 7.11 Å². The zero-order valence-corrected chi connectivity index (χ0v) is 15.0. The van der Waals surface area contributed by atoms with Crippen LogP contribution < -0.4 is 10.5 Å². The summed E-state index contributed by atoms with van der Waals surface area (Å²) in [6.07, 6.45) is 0.770. The van der Waals surface area contributed by atoms with Crippen LogP contribution in [0.25, 0.3) is 0 Å². The zero-order valence-electron chi connectivity index (χ0n) is 10.2. The third kappa shape index (κ3) is 3.52. The van der Waals surface area contributed by atoms with Gasteiger partial charge in [0.2, 0.25) is 0 Å². The maximum Gasteiger partial charge on any atom is 0.133 e. The molecular weight excluding hydrogens is 438 g/mol. The first-order valence-corrected chi connectivity index (χ1v) is 7.95. The minimum Gasteiger partial charge on any atom is -0.496 e. The van der Waals surface area contributed by atoms with Gasteiger partial charge in [-0.15, -0.1) is 0 Å². The third-order valence-electron chi connectivity index (χ3n) is 2.79. The van der Waals surface area contributed by atoms with Crippen molar-refractivity contribution in [3.8, 4) is 5.75 Å². The highest BCUT2D eigenvalue weighted by Gasteiger charge is 2.08. The Labute approximate surface area is 137 Å². The average Bonchev–Trinajstić information content (AvgIpc) is 2.35. The van der Waals surface area contributed by atoms with Gasteiger partial charge in [0, 0.05) is 14.6 Å². The molecule has 2 nitrogen and oxygen atoms in total. The summed E-state index contributed by atoms with van der Waals surface area (Å²) in [5.41, 5.74) is 9.12. The predicted molar refractivity (Wildman–Crippen MR) is 89.8 cm³/mol. The highest BCUT2D eigenvalue weighted by Crippen LogP contribution is 2.31. The predicted octanol–water partition coefficient (Wildman–Crippen LogP) is 5.16. The lowest BCUT2D eigenvalue weighted by Gasteiger charge is -2.10. The molecule has 0 aliphatic carbocycles. The lowest BCUT2D eigenvalue weighted by atomic mass is 10.0. The number of nitrogen functional groups attached to an aromatic ring is 1. The summed E-state index contributed by atoms with van der Waals surface area (Å²) in [6, 6.07) is 10.0. The van der Waals surface area contributed by atoms with Crippen LogP contribution >= 0.6 is 47.8 Å². The molecule has 0 heterocycles. The van der Waals surface area contributed by atoms with Crippen LogP contribution in [0.1, 0.15) is 11.1 Å². The highest BCUT2D eigenvalue weighted by atomic mass is 79.9. The Bertz CT molecular complexity index is 614. The van der Waals surface area contributed by atoms with Crippen molar-refractivity contribution in [2.45, 2.75) is 6.42 Å². The average molecular weight is 450 g/mol. The van der Waals surface area contributed by atoms with Crippen LogP contribution in [0.4, 0.5) is 5.69 Å². The molecule has 0 bridgehead atoms. The first-order chi connectivity index (χ1) is 9.01. The fraction of sp³-hybridized carbons (Fsp3) is 0.143. The van der Waals surface area contributed by atoms with Crippen molar-refractivity contribution in [3.63, 3.8) is 0 Å². The van der Waals surface area contributed by atoms with E-state index in [4.69, 9.17) is 10.5 Å². The molecular formula is C14H12Br3NO. The van der Waals surface area contributed by atoms with Crippen LogP contribution in [0.3, 0.4) is 0 Å². The number of anilines is 1. The van der Waals surface area contributed by atoms with E-state index in [-0.39, 0.29) is 0 Å². The van der Waals surface area contributed by atoms with Crippen LogP contribution in [0, 0.1) is 0 Å². The molecule has 19 heavy (non-hydrogen) atoms. The minimum atomic E-state index is 0.770. The van der Waals surface area contributed by atoms with Gasteiger partial charge in [-0.2, -0.15) is 0 Å². The molecule has 100 valence electrons. The van der Waals surface area contributed by atoms with Gasteiger partial charge in [0.15, 0.2) is 0 Å². The van der Waals surface area contributed by atoms with Crippen LogP contribution in [-0.2, 0) is 6.42 Å². The van der Waals surface area contributed by atoms with Crippen molar-refractivity contribution in [2.75, 3.05) is 12.8 Å². The number of halogens is 3. The standard InChI is InChI=1S/C14H12Br3NO/c1-19-13-3-2-8(5-11(13)16)4-9-6-10(15)7-12(17)14(9)18/h2-3,5-7H,4,18H2,1H3. The van der Waals surface area contributed by atoms with E-state index in [0.717, 1.165) is 36.8 Å². The van der Waals surface area contributed by atoms with Crippen molar-refractivity contribution in [3.05, 3.63) is 54.9 Å². The minimum absolute atomic E-state index is 0.770. The molecule has 0 aliphatic rings. The van der Waals surface area contributed by atoms with Crippen molar-refractivity contribution in [1.82, 2.24) is 0 Å². The molecule has 2 aromatic carbocycles. The molecule has 0 saturated carbocycles. The van der Waals surface area contributed by atoms with Gasteiger partial charge in [-0.3, -0.25) is 0 Å². The molecule has 5 heteroatoms. The normalized spacial score (nSPS) is 10.5. The Morgan fingerprint density at radius 3 is 2.42 bits per heavy atom. The van der Waals surface area contributed by atoms with E-state index < -0.39 is 0 Å². The van der Waals surface area contributed by atoms with Gasteiger partial charge in [-0.05, 0) is 73.7 Å². The Balaban J connectivity index is 2.33. The molecule has 2 aromatic rings. The fourth-order valence-corrected chi connectivity index (χ4v) is 3.73. The number of ether oxygens (including phenoxy) is 1. The molecule has 0 amide bonds. The number of rotatable bonds is 3. The molecule has 0 aromatic heterocycles. The molecule has 2 rings (SSSR count). The van der Waals surface area contributed by atoms with Gasteiger partial charge in [-0.1, -0.05) is 22.0 Å². The quantitative estimate of drug-likeness (QED) is 0.657. The molecule has 2 N–H and O–H groups in total. The molecule has 0 unspecified atom stereocenters. The molecule has 0 fully saturated rings. The van der Waals surface area contributed by atoms with Crippen molar-refractivity contribution in [2.24, 2.45) is 0 Å². The number of methoxy groups -OCH3 is 1. The third-order valence-corrected chi connectivity index (χ3v) is 4.52. The monoisotopic (exact) mass is 447 g/mol. The van der Waals surface area contributed by atoms with E-state index in [1.165, 1.54) is 5.56 Å². The topological polar surface area (TPSA) is 35.2 Å². The SMILES string of the molecule is COc1ccc(Cc2cc(Br)cc(Br)c2N)cc1Br. The summed E-state index contributed by atoms with van der Waals surface area (Å²) in [4.78, 5) is 0. The second-order valence-corrected chi connectivity index (χ2v) is 6.73. The Hall–Kier alpha value is -0.520. The largest absolute Gasteiger partial charge is 0.496 e. The Morgan fingerprint density at radius 1 is 1.05 bits per heavy atom. The first kappa shape index (κ1) is 14.9. The van der Waals surface area contributed by atoms with Crippen LogP contribution in [0.5, 0.6) is 5.75 Å². The van der Waals surface area contributed by atoms with Crippen LogP contribution in [0.2, 0.25) is 0 Å². The van der Waals surface area contributed by atoms with Crippen molar-refractivity contribution >= 4 is 53.5 Å². The van der Waals surface area contributed by atoms with Crippen molar-refractivity contribution in [1.29, 1.82) is 0 Å². The lowest BCUT2D eigenvalue weighted by molar-refractivity contribution is 0.412. The summed E-state index contributed by atoms with van der Waals surface area (Å²) in [7, 11) is 1.66. The Kier molecular flexibility index (Phi) is 4.92. The zero-order chi connectivity index (χ0) is 14.0. The second kappa shape index (κ2) is 6.29. The van der Waals surface area contributed by atoms with Gasteiger partial charge < -0.3 is 10.5 Å².